The second kappa shape index (κ2) is 11.7. The molecule has 0 radical (unpaired) electrons. The Kier molecular flexibility index (Phi) is 8.51. The first-order valence-corrected chi connectivity index (χ1v) is 11.2. The van der Waals surface area contributed by atoms with Gasteiger partial charge in [-0.25, -0.2) is 4.79 Å². The van der Waals surface area contributed by atoms with E-state index in [0.29, 0.717) is 35.1 Å². The normalized spacial score (nSPS) is 12.2. The number of hydrogen-bond acceptors (Lipinski definition) is 6. The minimum absolute atomic E-state index is 0.246. The molecule has 0 bridgehead atoms. The zero-order chi connectivity index (χ0) is 25.4. The Hall–Kier alpha value is -4.26. The topological polar surface area (TPSA) is 84.0 Å². The van der Waals surface area contributed by atoms with Gasteiger partial charge in [0.1, 0.15) is 12.2 Å². The van der Waals surface area contributed by atoms with Gasteiger partial charge in [-0.15, -0.1) is 0 Å². The Morgan fingerprint density at radius 2 is 1.40 bits per heavy atom. The summed E-state index contributed by atoms with van der Waals surface area (Å²) in [5, 5.41) is 0. The standard InChI is InChI=1S/C28H28N2O5/c1-4-35-28(34)22-12-16-24(17-13-22)30(19-32)26(20-8-6-5-7-9-20)25(18-31)27(33)21-10-14-23(15-11-21)29(2)3/h5-19,25-26H,4H2,1-3H3. The highest BCUT2D eigenvalue weighted by Crippen LogP contribution is 2.34. The van der Waals surface area contributed by atoms with Crippen LogP contribution in [0.1, 0.15) is 39.2 Å². The Bertz CT molecular complexity index is 1160. The highest BCUT2D eigenvalue weighted by molar-refractivity contribution is 6.07. The van der Waals surface area contributed by atoms with Crippen LogP contribution in [0.3, 0.4) is 0 Å². The van der Waals surface area contributed by atoms with Gasteiger partial charge in [0.15, 0.2) is 5.78 Å². The summed E-state index contributed by atoms with van der Waals surface area (Å²) < 4.78 is 5.01. The molecular weight excluding hydrogens is 444 g/mol. The van der Waals surface area contributed by atoms with Gasteiger partial charge < -0.3 is 19.3 Å². The molecule has 0 spiro atoms. The summed E-state index contributed by atoms with van der Waals surface area (Å²) >= 11 is 0. The van der Waals surface area contributed by atoms with Crippen molar-refractivity contribution >= 4 is 35.8 Å². The van der Waals surface area contributed by atoms with Crippen LogP contribution in [0.2, 0.25) is 0 Å². The van der Waals surface area contributed by atoms with Crippen LogP contribution in [0.25, 0.3) is 0 Å². The quantitative estimate of drug-likeness (QED) is 0.179. The maximum absolute atomic E-state index is 13.5. The summed E-state index contributed by atoms with van der Waals surface area (Å²) in [5.41, 5.74) is 2.69. The molecule has 7 heteroatoms. The third-order valence-corrected chi connectivity index (χ3v) is 5.69. The van der Waals surface area contributed by atoms with Crippen molar-refractivity contribution in [2.75, 3.05) is 30.5 Å². The third kappa shape index (κ3) is 5.81. The summed E-state index contributed by atoms with van der Waals surface area (Å²) in [6.07, 6.45) is 1.18. The molecule has 1 amide bonds. The van der Waals surface area contributed by atoms with Crippen LogP contribution < -0.4 is 9.80 Å². The number of ether oxygens (including phenoxy) is 1. The molecule has 0 fully saturated rings. The second-order valence-electron chi connectivity index (χ2n) is 8.10. The van der Waals surface area contributed by atoms with Gasteiger partial charge in [0.2, 0.25) is 6.41 Å². The molecule has 0 aliphatic carbocycles. The van der Waals surface area contributed by atoms with E-state index in [2.05, 4.69) is 0 Å². The number of anilines is 2. The lowest BCUT2D eigenvalue weighted by Gasteiger charge is -2.32. The molecular formula is C28H28N2O5. The van der Waals surface area contributed by atoms with E-state index in [4.69, 9.17) is 4.74 Å². The van der Waals surface area contributed by atoms with Crippen LogP contribution in [0, 0.1) is 5.92 Å². The molecule has 3 aromatic carbocycles. The van der Waals surface area contributed by atoms with Crippen molar-refractivity contribution in [2.45, 2.75) is 13.0 Å². The minimum atomic E-state index is -1.16. The van der Waals surface area contributed by atoms with Gasteiger partial charge in [-0.05, 0) is 61.0 Å². The van der Waals surface area contributed by atoms with Crippen molar-refractivity contribution in [3.63, 3.8) is 0 Å². The molecule has 0 heterocycles. The average Bonchev–Trinajstić information content (AvgIpc) is 2.89. The van der Waals surface area contributed by atoms with E-state index in [1.165, 1.54) is 4.90 Å². The number of rotatable bonds is 11. The van der Waals surface area contributed by atoms with E-state index in [1.54, 1.807) is 79.7 Å². The van der Waals surface area contributed by atoms with Crippen molar-refractivity contribution in [3.05, 3.63) is 95.6 Å². The molecule has 35 heavy (non-hydrogen) atoms. The number of ketones is 1. The summed E-state index contributed by atoms with van der Waals surface area (Å²) in [7, 11) is 3.79. The first-order chi connectivity index (χ1) is 16.9. The Balaban J connectivity index is 2.02. The fraction of sp³-hybridized carbons (Fsp3) is 0.214. The summed E-state index contributed by atoms with van der Waals surface area (Å²) in [5.74, 6) is -2.02. The van der Waals surface area contributed by atoms with Gasteiger partial charge in [0, 0.05) is 31.0 Å². The Morgan fingerprint density at radius 3 is 1.91 bits per heavy atom. The lowest BCUT2D eigenvalue weighted by Crippen LogP contribution is -2.37. The average molecular weight is 473 g/mol. The van der Waals surface area contributed by atoms with Gasteiger partial charge in [-0.3, -0.25) is 9.59 Å². The third-order valence-electron chi connectivity index (χ3n) is 5.69. The van der Waals surface area contributed by atoms with Gasteiger partial charge in [0.05, 0.1) is 18.2 Å². The number of nitrogens with zero attached hydrogens (tertiary/aromatic N) is 2. The maximum Gasteiger partial charge on any atom is 0.338 e. The minimum Gasteiger partial charge on any atom is -0.462 e. The van der Waals surface area contributed by atoms with Crippen LogP contribution in [-0.4, -0.2) is 45.2 Å². The van der Waals surface area contributed by atoms with E-state index in [-0.39, 0.29) is 6.61 Å². The Morgan fingerprint density at radius 1 is 0.829 bits per heavy atom. The molecule has 2 atom stereocenters. The number of carbonyl (C=O) groups excluding carboxylic acids is 4. The molecule has 0 aliphatic rings. The molecule has 0 saturated heterocycles. The predicted octanol–water partition coefficient (Wildman–Crippen LogP) is 4.33. The first kappa shape index (κ1) is 25.4. The van der Waals surface area contributed by atoms with E-state index in [0.717, 1.165) is 5.69 Å². The van der Waals surface area contributed by atoms with E-state index < -0.39 is 23.7 Å². The van der Waals surface area contributed by atoms with Crippen LogP contribution in [0.4, 0.5) is 11.4 Å². The molecule has 180 valence electrons. The monoisotopic (exact) mass is 472 g/mol. The van der Waals surface area contributed by atoms with Crippen molar-refractivity contribution < 1.29 is 23.9 Å². The van der Waals surface area contributed by atoms with Crippen LogP contribution in [0.15, 0.2) is 78.9 Å². The van der Waals surface area contributed by atoms with E-state index >= 15 is 0 Å². The largest absolute Gasteiger partial charge is 0.462 e. The van der Waals surface area contributed by atoms with Gasteiger partial charge in [-0.1, -0.05) is 30.3 Å². The molecule has 2 unspecified atom stereocenters. The number of amides is 1. The van der Waals surface area contributed by atoms with Crippen molar-refractivity contribution in [2.24, 2.45) is 5.92 Å². The SMILES string of the molecule is CCOC(=O)c1ccc(N(C=O)C(c2ccccc2)C(C=O)C(=O)c2ccc(N(C)C)cc2)cc1. The summed E-state index contributed by atoms with van der Waals surface area (Å²) in [6.45, 7) is 1.96. The van der Waals surface area contributed by atoms with E-state index in [9.17, 15) is 19.2 Å². The highest BCUT2D eigenvalue weighted by atomic mass is 16.5. The highest BCUT2D eigenvalue weighted by Gasteiger charge is 2.35. The van der Waals surface area contributed by atoms with E-state index in [1.807, 2.05) is 25.1 Å². The zero-order valence-corrected chi connectivity index (χ0v) is 20.0. The summed E-state index contributed by atoms with van der Waals surface area (Å²) in [4.78, 5) is 53.4. The first-order valence-electron chi connectivity index (χ1n) is 11.2. The number of hydrogen-bond donors (Lipinski definition) is 0. The molecule has 3 rings (SSSR count). The summed E-state index contributed by atoms with van der Waals surface area (Å²) in [6, 6.07) is 21.3. The van der Waals surface area contributed by atoms with Gasteiger partial charge in [-0.2, -0.15) is 0 Å². The molecule has 7 nitrogen and oxygen atoms in total. The maximum atomic E-state index is 13.5. The molecule has 0 N–H and O–H groups in total. The van der Waals surface area contributed by atoms with Crippen molar-refractivity contribution in [1.82, 2.24) is 0 Å². The number of Topliss-reactive ketones (excluding diaryl/α,β-unsaturated/α-hetero) is 1. The van der Waals surface area contributed by atoms with Gasteiger partial charge >= 0.3 is 5.97 Å². The molecule has 3 aromatic rings. The van der Waals surface area contributed by atoms with Crippen molar-refractivity contribution in [1.29, 1.82) is 0 Å². The fourth-order valence-corrected chi connectivity index (χ4v) is 3.86. The van der Waals surface area contributed by atoms with Gasteiger partial charge in [0.25, 0.3) is 0 Å². The number of aldehydes is 1. The molecule has 0 saturated carbocycles. The fourth-order valence-electron chi connectivity index (χ4n) is 3.86. The zero-order valence-electron chi connectivity index (χ0n) is 20.0. The van der Waals surface area contributed by atoms with Crippen LogP contribution >= 0.6 is 0 Å². The number of benzene rings is 3. The number of carbonyl (C=O) groups is 4. The van der Waals surface area contributed by atoms with Crippen molar-refractivity contribution in [3.8, 4) is 0 Å². The Labute approximate surface area is 204 Å². The van der Waals surface area contributed by atoms with Crippen LogP contribution in [-0.2, 0) is 14.3 Å². The van der Waals surface area contributed by atoms with Crippen LogP contribution in [0.5, 0.6) is 0 Å². The lowest BCUT2D eigenvalue weighted by atomic mass is 9.86. The predicted molar refractivity (Wildman–Crippen MR) is 135 cm³/mol. The smallest absolute Gasteiger partial charge is 0.338 e. The second-order valence-corrected chi connectivity index (χ2v) is 8.10. The molecule has 0 aliphatic heterocycles. The molecule has 0 aromatic heterocycles. The lowest BCUT2D eigenvalue weighted by molar-refractivity contribution is -0.111. The number of esters is 1.